The molecular weight excluding hydrogens is 466 g/mol. The maximum atomic E-state index is 9.81. The van der Waals surface area contributed by atoms with Gasteiger partial charge in [0.25, 0.3) is 0 Å². The monoisotopic (exact) mass is 503 g/mol. The van der Waals surface area contributed by atoms with E-state index < -0.39 is 12.2 Å². The Morgan fingerprint density at radius 3 is 2.09 bits per heavy atom. The van der Waals surface area contributed by atoms with Crippen molar-refractivity contribution in [3.05, 3.63) is 10.6 Å². The Bertz CT molecular complexity index is 968. The highest BCUT2D eigenvalue weighted by Gasteiger charge is 2.17. The average Bonchev–Trinajstić information content (AvgIpc) is 3.19. The van der Waals surface area contributed by atoms with Crippen LogP contribution in [0.3, 0.4) is 0 Å². The van der Waals surface area contributed by atoms with Crippen LogP contribution in [0.4, 0.5) is 28.4 Å². The van der Waals surface area contributed by atoms with Gasteiger partial charge >= 0.3 is 0 Å². The van der Waals surface area contributed by atoms with Crippen LogP contribution in [-0.4, -0.2) is 57.0 Å². The Morgan fingerprint density at radius 1 is 0.971 bits per heavy atom. The molecule has 0 spiro atoms. The zero-order valence-electron chi connectivity index (χ0n) is 21.2. The van der Waals surface area contributed by atoms with Crippen molar-refractivity contribution in [1.82, 2.24) is 15.0 Å². The number of aromatic nitrogens is 3. The van der Waals surface area contributed by atoms with Crippen molar-refractivity contribution in [2.75, 3.05) is 35.6 Å². The lowest BCUT2D eigenvalue weighted by atomic mass is 9.99. The van der Waals surface area contributed by atoms with E-state index in [1.165, 1.54) is 6.42 Å². The standard InChI is InChI=1S/C23H37N9O2S/c1-6-8-9-17(7-2)13-27-22-29-20(25-11-14(3)33)19(21(30-22)26-12-15(4)34)31-32-23-28-16(5)18(10-24)35-23/h14-15,17,33-34H,6-9,11-13H2,1-5H3,(H3,25,26,27,29,30). The van der Waals surface area contributed by atoms with Crippen LogP contribution in [0.2, 0.25) is 0 Å². The number of nitriles is 1. The van der Waals surface area contributed by atoms with Crippen molar-refractivity contribution in [3.8, 4) is 6.07 Å². The maximum absolute atomic E-state index is 9.81. The van der Waals surface area contributed by atoms with Crippen LogP contribution in [0.1, 0.15) is 63.9 Å². The number of aliphatic hydroxyl groups excluding tert-OH is 2. The van der Waals surface area contributed by atoms with Crippen molar-refractivity contribution in [3.63, 3.8) is 0 Å². The van der Waals surface area contributed by atoms with Gasteiger partial charge in [0, 0.05) is 19.6 Å². The van der Waals surface area contributed by atoms with Gasteiger partial charge in [-0.25, -0.2) is 4.98 Å². The first kappa shape index (κ1) is 28.4. The molecular formula is C23H37N9O2S. The number of aliphatic hydroxyl groups is 2. The molecule has 0 bridgehead atoms. The van der Waals surface area contributed by atoms with E-state index >= 15 is 0 Å². The number of nitrogens with one attached hydrogen (secondary N) is 3. The number of aryl methyl sites for hydroxylation is 1. The van der Waals surface area contributed by atoms with Crippen molar-refractivity contribution in [2.24, 2.45) is 16.1 Å². The molecule has 0 aliphatic carbocycles. The predicted molar refractivity (Wildman–Crippen MR) is 140 cm³/mol. The summed E-state index contributed by atoms with van der Waals surface area (Å²) in [5.41, 5.74) is 0.914. The summed E-state index contributed by atoms with van der Waals surface area (Å²) in [5, 5.41) is 47.3. The van der Waals surface area contributed by atoms with E-state index in [9.17, 15) is 15.5 Å². The van der Waals surface area contributed by atoms with Gasteiger partial charge in [-0.05, 0) is 33.1 Å². The molecule has 2 aromatic rings. The van der Waals surface area contributed by atoms with E-state index in [-0.39, 0.29) is 13.1 Å². The fraction of sp³-hybridized carbons (Fsp3) is 0.652. The van der Waals surface area contributed by atoms with Crippen molar-refractivity contribution in [1.29, 1.82) is 5.26 Å². The molecule has 0 fully saturated rings. The number of azo groups is 1. The molecule has 0 amide bonds. The second-order valence-electron chi connectivity index (χ2n) is 8.57. The zero-order chi connectivity index (χ0) is 25.8. The molecule has 3 atom stereocenters. The summed E-state index contributed by atoms with van der Waals surface area (Å²) in [5.74, 6) is 1.69. The number of rotatable bonds is 15. The minimum absolute atomic E-state index is 0.248. The van der Waals surface area contributed by atoms with Gasteiger partial charge in [-0.2, -0.15) is 15.2 Å². The minimum atomic E-state index is -0.613. The third-order valence-corrected chi connectivity index (χ3v) is 6.17. The van der Waals surface area contributed by atoms with Gasteiger partial charge < -0.3 is 26.2 Å². The molecule has 2 rings (SSSR count). The molecule has 0 aliphatic rings. The van der Waals surface area contributed by atoms with E-state index in [1.807, 2.05) is 0 Å². The molecule has 0 saturated heterocycles. The first-order valence-electron chi connectivity index (χ1n) is 12.1. The molecule has 11 nitrogen and oxygen atoms in total. The van der Waals surface area contributed by atoms with Gasteiger partial charge in [0.15, 0.2) is 17.3 Å². The molecule has 35 heavy (non-hydrogen) atoms. The smallest absolute Gasteiger partial charge is 0.231 e. The molecule has 0 aromatic carbocycles. The Morgan fingerprint density at radius 2 is 1.60 bits per heavy atom. The summed E-state index contributed by atoms with van der Waals surface area (Å²) < 4.78 is 0. The lowest BCUT2D eigenvalue weighted by Crippen LogP contribution is -2.21. The van der Waals surface area contributed by atoms with E-state index in [1.54, 1.807) is 20.8 Å². The number of unbranched alkanes of at least 4 members (excludes halogenated alkanes) is 1. The van der Waals surface area contributed by atoms with Gasteiger partial charge in [0.05, 0.1) is 17.9 Å². The van der Waals surface area contributed by atoms with Gasteiger partial charge in [-0.15, -0.1) is 10.2 Å². The second kappa shape index (κ2) is 14.5. The van der Waals surface area contributed by atoms with Crippen LogP contribution in [0, 0.1) is 24.2 Å². The fourth-order valence-electron chi connectivity index (χ4n) is 3.16. The van der Waals surface area contributed by atoms with E-state index in [4.69, 9.17) is 0 Å². The Hall–Kier alpha value is -2.88. The number of anilines is 3. The molecule has 0 saturated carbocycles. The third-order valence-electron chi connectivity index (χ3n) is 5.23. The van der Waals surface area contributed by atoms with Crippen LogP contribution in [0.15, 0.2) is 10.2 Å². The topological polar surface area (TPSA) is 164 Å². The van der Waals surface area contributed by atoms with E-state index in [2.05, 4.69) is 61.0 Å². The van der Waals surface area contributed by atoms with Crippen molar-refractivity contribution >= 4 is 39.7 Å². The largest absolute Gasteiger partial charge is 0.392 e. The molecule has 2 heterocycles. The Labute approximate surface area is 211 Å². The molecule has 12 heteroatoms. The number of hydrogen-bond acceptors (Lipinski definition) is 12. The minimum Gasteiger partial charge on any atom is -0.392 e. The first-order chi connectivity index (χ1) is 16.8. The quantitative estimate of drug-likeness (QED) is 0.216. The highest BCUT2D eigenvalue weighted by molar-refractivity contribution is 7.15. The normalized spacial score (nSPS) is 13.9. The summed E-state index contributed by atoms with van der Waals surface area (Å²) in [6.45, 7) is 10.7. The zero-order valence-corrected chi connectivity index (χ0v) is 22.0. The van der Waals surface area contributed by atoms with Crippen LogP contribution >= 0.6 is 11.3 Å². The van der Waals surface area contributed by atoms with Crippen molar-refractivity contribution in [2.45, 2.75) is 72.5 Å². The van der Waals surface area contributed by atoms with Gasteiger partial charge in [0.1, 0.15) is 10.9 Å². The third kappa shape index (κ3) is 9.35. The molecule has 2 aromatic heterocycles. The number of nitrogens with zero attached hydrogens (tertiary/aromatic N) is 6. The molecule has 3 unspecified atom stereocenters. The summed E-state index contributed by atoms with van der Waals surface area (Å²) in [6, 6.07) is 2.09. The van der Waals surface area contributed by atoms with E-state index in [0.29, 0.717) is 44.9 Å². The lowest BCUT2D eigenvalue weighted by molar-refractivity contribution is 0.208. The summed E-state index contributed by atoms with van der Waals surface area (Å²) in [4.78, 5) is 13.9. The summed E-state index contributed by atoms with van der Waals surface area (Å²) >= 11 is 1.14. The first-order valence-corrected chi connectivity index (χ1v) is 12.9. The highest BCUT2D eigenvalue weighted by atomic mass is 32.1. The van der Waals surface area contributed by atoms with Crippen molar-refractivity contribution < 1.29 is 10.2 Å². The SMILES string of the molecule is CCCCC(CC)CNc1nc(NCC(C)O)c(N=Nc2nc(C)c(C#N)s2)c(NCC(C)O)n1. The molecule has 192 valence electrons. The van der Waals surface area contributed by atoms with Crippen LogP contribution < -0.4 is 16.0 Å². The molecule has 0 radical (unpaired) electrons. The van der Waals surface area contributed by atoms with Gasteiger partial charge in [-0.3, -0.25) is 0 Å². The number of thiazole rings is 1. The Balaban J connectivity index is 2.42. The van der Waals surface area contributed by atoms with Gasteiger partial charge in [0.2, 0.25) is 11.1 Å². The summed E-state index contributed by atoms with van der Waals surface area (Å²) in [6.07, 6.45) is 3.29. The Kier molecular flexibility index (Phi) is 11.8. The second-order valence-corrected chi connectivity index (χ2v) is 9.55. The number of hydrogen-bond donors (Lipinski definition) is 5. The molecule has 0 aliphatic heterocycles. The molecule has 5 N–H and O–H groups in total. The van der Waals surface area contributed by atoms with Crippen LogP contribution in [0.5, 0.6) is 0 Å². The van der Waals surface area contributed by atoms with Gasteiger partial charge in [-0.1, -0.05) is 44.4 Å². The van der Waals surface area contributed by atoms with Crippen LogP contribution in [0.25, 0.3) is 0 Å². The van der Waals surface area contributed by atoms with Crippen LogP contribution in [-0.2, 0) is 0 Å². The lowest BCUT2D eigenvalue weighted by Gasteiger charge is -2.18. The maximum Gasteiger partial charge on any atom is 0.231 e. The highest BCUT2D eigenvalue weighted by Crippen LogP contribution is 2.35. The fourth-order valence-corrected chi connectivity index (χ4v) is 3.85. The van der Waals surface area contributed by atoms with E-state index in [0.717, 1.165) is 37.1 Å². The average molecular weight is 504 g/mol. The predicted octanol–water partition coefficient (Wildman–Crippen LogP) is 4.74. The summed E-state index contributed by atoms with van der Waals surface area (Å²) in [7, 11) is 0.